The molecule has 0 bridgehead atoms. The SMILES string of the molecule is NC(Br)/C=C/CBr. The molecular formula is C4H7Br2N. The van der Waals surface area contributed by atoms with E-state index in [1.54, 1.807) is 0 Å². The summed E-state index contributed by atoms with van der Waals surface area (Å²) in [5.41, 5.74) is 5.29. The van der Waals surface area contributed by atoms with Crippen LogP contribution in [-0.2, 0) is 0 Å². The van der Waals surface area contributed by atoms with Crippen molar-refractivity contribution in [2.24, 2.45) is 5.73 Å². The summed E-state index contributed by atoms with van der Waals surface area (Å²) in [6.45, 7) is 0. The lowest BCUT2D eigenvalue weighted by Gasteiger charge is -1.87. The molecule has 0 amide bonds. The molecule has 1 unspecified atom stereocenters. The van der Waals surface area contributed by atoms with Gasteiger partial charge in [0.25, 0.3) is 0 Å². The fourth-order valence-corrected chi connectivity index (χ4v) is 0.613. The molecule has 0 fully saturated rings. The van der Waals surface area contributed by atoms with Crippen LogP contribution in [0.5, 0.6) is 0 Å². The van der Waals surface area contributed by atoms with Crippen molar-refractivity contribution in [1.82, 2.24) is 0 Å². The molecule has 1 atom stereocenters. The molecule has 0 heterocycles. The third-order valence-electron chi connectivity index (χ3n) is 0.409. The number of rotatable bonds is 2. The van der Waals surface area contributed by atoms with E-state index in [0.29, 0.717) is 0 Å². The van der Waals surface area contributed by atoms with E-state index < -0.39 is 0 Å². The first-order valence-electron chi connectivity index (χ1n) is 1.89. The van der Waals surface area contributed by atoms with Crippen LogP contribution in [-0.4, -0.2) is 10.3 Å². The third-order valence-corrected chi connectivity index (χ3v) is 1.09. The Balaban J connectivity index is 3.08. The number of allylic oxidation sites excluding steroid dienone is 1. The Morgan fingerprint density at radius 3 is 2.43 bits per heavy atom. The van der Waals surface area contributed by atoms with Gasteiger partial charge in [0.1, 0.15) is 0 Å². The summed E-state index contributed by atoms with van der Waals surface area (Å²) in [6.07, 6.45) is 3.81. The summed E-state index contributed by atoms with van der Waals surface area (Å²) in [5, 5.41) is 0.867. The van der Waals surface area contributed by atoms with Gasteiger partial charge in [0.2, 0.25) is 0 Å². The van der Waals surface area contributed by atoms with E-state index in [4.69, 9.17) is 5.73 Å². The molecule has 1 nitrogen and oxygen atoms in total. The highest BCUT2D eigenvalue weighted by Crippen LogP contribution is 1.91. The average Bonchev–Trinajstić information content (AvgIpc) is 1.61. The van der Waals surface area contributed by atoms with Gasteiger partial charge < -0.3 is 5.73 Å². The predicted octanol–water partition coefficient (Wildman–Crippen LogP) is 1.62. The molecule has 0 saturated carbocycles. The van der Waals surface area contributed by atoms with Gasteiger partial charge in [0.05, 0.1) is 4.95 Å². The molecule has 0 saturated heterocycles. The summed E-state index contributed by atoms with van der Waals surface area (Å²) in [7, 11) is 0. The largest absolute Gasteiger partial charge is 0.316 e. The van der Waals surface area contributed by atoms with Gasteiger partial charge in [-0.15, -0.1) is 0 Å². The Morgan fingerprint density at radius 1 is 1.71 bits per heavy atom. The molecule has 0 spiro atoms. The highest BCUT2D eigenvalue weighted by Gasteiger charge is 1.80. The topological polar surface area (TPSA) is 26.0 Å². The number of halogens is 2. The van der Waals surface area contributed by atoms with Gasteiger partial charge in [-0.3, -0.25) is 0 Å². The Hall–Kier alpha value is 0.660. The van der Waals surface area contributed by atoms with Crippen molar-refractivity contribution >= 4 is 31.9 Å². The maximum atomic E-state index is 5.29. The normalized spacial score (nSPS) is 15.3. The minimum atomic E-state index is 0.00468. The van der Waals surface area contributed by atoms with Crippen molar-refractivity contribution < 1.29 is 0 Å². The lowest BCUT2D eigenvalue weighted by atomic mass is 10.5. The zero-order valence-corrected chi connectivity index (χ0v) is 6.94. The summed E-state index contributed by atoms with van der Waals surface area (Å²) >= 11 is 6.36. The van der Waals surface area contributed by atoms with Crippen LogP contribution in [0.3, 0.4) is 0 Å². The van der Waals surface area contributed by atoms with Gasteiger partial charge in [-0.1, -0.05) is 44.0 Å². The van der Waals surface area contributed by atoms with Crippen LogP contribution in [0.15, 0.2) is 12.2 Å². The van der Waals surface area contributed by atoms with E-state index in [0.717, 1.165) is 5.33 Å². The maximum Gasteiger partial charge on any atom is 0.0791 e. The average molecular weight is 229 g/mol. The first-order chi connectivity index (χ1) is 3.27. The summed E-state index contributed by atoms with van der Waals surface area (Å²) in [4.78, 5) is 0.00468. The zero-order valence-electron chi connectivity index (χ0n) is 3.77. The number of hydrogen-bond acceptors (Lipinski definition) is 1. The first-order valence-corrected chi connectivity index (χ1v) is 3.93. The van der Waals surface area contributed by atoms with Crippen LogP contribution in [0.4, 0.5) is 0 Å². The Bertz CT molecular complexity index is 60.7. The van der Waals surface area contributed by atoms with Crippen molar-refractivity contribution in [3.8, 4) is 0 Å². The molecule has 0 radical (unpaired) electrons. The number of hydrogen-bond donors (Lipinski definition) is 1. The molecule has 7 heavy (non-hydrogen) atoms. The molecule has 0 aromatic carbocycles. The van der Waals surface area contributed by atoms with Gasteiger partial charge in [-0.2, -0.15) is 0 Å². The van der Waals surface area contributed by atoms with Crippen LogP contribution in [0.2, 0.25) is 0 Å². The van der Waals surface area contributed by atoms with Crippen molar-refractivity contribution in [3.05, 3.63) is 12.2 Å². The highest BCUT2D eigenvalue weighted by atomic mass is 79.9. The second kappa shape index (κ2) is 4.81. The summed E-state index contributed by atoms with van der Waals surface area (Å²) in [6, 6.07) is 0. The zero-order chi connectivity index (χ0) is 5.70. The van der Waals surface area contributed by atoms with Crippen molar-refractivity contribution in [2.45, 2.75) is 4.95 Å². The highest BCUT2D eigenvalue weighted by molar-refractivity contribution is 9.09. The predicted molar refractivity (Wildman–Crippen MR) is 39.8 cm³/mol. The van der Waals surface area contributed by atoms with E-state index in [1.807, 2.05) is 12.2 Å². The Kier molecular flexibility index (Phi) is 5.26. The minimum Gasteiger partial charge on any atom is -0.316 e. The standard InChI is InChI=1S/C4H7Br2N/c5-3-1-2-4(6)7/h1-2,4H,3,7H2/b2-1+. The molecule has 42 valence electrons. The molecule has 3 heteroatoms. The van der Waals surface area contributed by atoms with Crippen molar-refractivity contribution in [3.63, 3.8) is 0 Å². The number of nitrogens with two attached hydrogens (primary N) is 1. The van der Waals surface area contributed by atoms with Crippen LogP contribution >= 0.6 is 31.9 Å². The second-order valence-electron chi connectivity index (χ2n) is 1.03. The van der Waals surface area contributed by atoms with Crippen LogP contribution in [0.25, 0.3) is 0 Å². The van der Waals surface area contributed by atoms with E-state index >= 15 is 0 Å². The van der Waals surface area contributed by atoms with E-state index in [2.05, 4.69) is 31.9 Å². The molecule has 0 rings (SSSR count). The summed E-state index contributed by atoms with van der Waals surface area (Å²) in [5.74, 6) is 0. The van der Waals surface area contributed by atoms with Crippen LogP contribution in [0, 0.1) is 0 Å². The van der Waals surface area contributed by atoms with E-state index in [1.165, 1.54) is 0 Å². The quantitative estimate of drug-likeness (QED) is 0.434. The molecule has 0 aromatic rings. The summed E-state index contributed by atoms with van der Waals surface area (Å²) < 4.78 is 0. The monoisotopic (exact) mass is 227 g/mol. The molecule has 0 aliphatic rings. The molecule has 0 aromatic heterocycles. The third kappa shape index (κ3) is 6.66. The Morgan fingerprint density at radius 2 is 2.29 bits per heavy atom. The van der Waals surface area contributed by atoms with Crippen molar-refractivity contribution in [1.29, 1.82) is 0 Å². The Labute approximate surface area is 60.2 Å². The second-order valence-corrected chi connectivity index (χ2v) is 2.73. The van der Waals surface area contributed by atoms with E-state index in [-0.39, 0.29) is 4.95 Å². The van der Waals surface area contributed by atoms with Gasteiger partial charge in [-0.05, 0) is 0 Å². The number of alkyl halides is 2. The van der Waals surface area contributed by atoms with Crippen molar-refractivity contribution in [2.75, 3.05) is 5.33 Å². The van der Waals surface area contributed by atoms with Gasteiger partial charge in [0.15, 0.2) is 0 Å². The lowest BCUT2D eigenvalue weighted by Crippen LogP contribution is -2.05. The van der Waals surface area contributed by atoms with Crippen LogP contribution < -0.4 is 5.73 Å². The molecule has 0 aliphatic heterocycles. The molecular weight excluding hydrogens is 222 g/mol. The van der Waals surface area contributed by atoms with Gasteiger partial charge >= 0.3 is 0 Å². The maximum absolute atomic E-state index is 5.29. The molecule has 0 aliphatic carbocycles. The molecule has 2 N–H and O–H groups in total. The van der Waals surface area contributed by atoms with Crippen LogP contribution in [0.1, 0.15) is 0 Å². The fourth-order valence-electron chi connectivity index (χ4n) is 0.181. The van der Waals surface area contributed by atoms with E-state index in [9.17, 15) is 0 Å². The van der Waals surface area contributed by atoms with Gasteiger partial charge in [-0.25, -0.2) is 0 Å². The lowest BCUT2D eigenvalue weighted by molar-refractivity contribution is 1.18. The first kappa shape index (κ1) is 7.66. The van der Waals surface area contributed by atoms with Gasteiger partial charge in [0, 0.05) is 5.33 Å². The fraction of sp³-hybridized carbons (Fsp3) is 0.500. The smallest absolute Gasteiger partial charge is 0.0791 e. The minimum absolute atomic E-state index is 0.00468.